The third kappa shape index (κ3) is 1.95. The van der Waals surface area contributed by atoms with Crippen molar-refractivity contribution in [1.82, 2.24) is 9.27 Å². The number of aromatic nitrogens is 1. The summed E-state index contributed by atoms with van der Waals surface area (Å²) in [5, 5.41) is 0. The molecule has 76 valence electrons. The molecule has 2 heterocycles. The zero-order valence-corrected chi connectivity index (χ0v) is 9.09. The zero-order valence-electron chi connectivity index (χ0n) is 8.27. The molecule has 1 aliphatic rings. The Hall–Kier alpha value is -0.900. The quantitative estimate of drug-likeness (QED) is 0.710. The van der Waals surface area contributed by atoms with Gasteiger partial charge in [0.15, 0.2) is 0 Å². The Bertz CT molecular complexity index is 310. The Kier molecular flexibility index (Phi) is 2.82. The van der Waals surface area contributed by atoms with Crippen molar-refractivity contribution >= 4 is 17.4 Å². The van der Waals surface area contributed by atoms with Gasteiger partial charge in [-0.05, 0) is 36.4 Å². The topological polar surface area (TPSA) is 33.2 Å². The summed E-state index contributed by atoms with van der Waals surface area (Å²) in [6.45, 7) is 4.00. The Balaban J connectivity index is 2.04. The Labute approximate surface area is 87.9 Å². The Morgan fingerprint density at radius 2 is 2.57 bits per heavy atom. The van der Waals surface area contributed by atoms with Crippen LogP contribution in [0.4, 0.5) is 0 Å². The summed E-state index contributed by atoms with van der Waals surface area (Å²) in [5.74, 6) is 0.791. The van der Waals surface area contributed by atoms with Crippen LogP contribution in [-0.2, 0) is 0 Å². The zero-order chi connectivity index (χ0) is 9.97. The third-order valence-electron chi connectivity index (χ3n) is 2.59. The number of rotatable bonds is 1. The van der Waals surface area contributed by atoms with Crippen molar-refractivity contribution in [1.29, 1.82) is 0 Å². The van der Waals surface area contributed by atoms with Gasteiger partial charge >= 0.3 is 0 Å². The minimum Gasteiger partial charge on any atom is -0.338 e. The molecule has 4 heteroatoms. The fourth-order valence-corrected chi connectivity index (χ4v) is 2.42. The van der Waals surface area contributed by atoms with Gasteiger partial charge in [-0.2, -0.15) is 0 Å². The van der Waals surface area contributed by atoms with Crippen molar-refractivity contribution < 1.29 is 4.79 Å². The fourth-order valence-electron chi connectivity index (χ4n) is 1.86. The van der Waals surface area contributed by atoms with E-state index < -0.39 is 0 Å². The summed E-state index contributed by atoms with van der Waals surface area (Å²) in [4.78, 5) is 14.6. The average molecular weight is 210 g/mol. The van der Waals surface area contributed by atoms with Crippen molar-refractivity contribution in [3.8, 4) is 0 Å². The van der Waals surface area contributed by atoms with Crippen molar-refractivity contribution in [3.05, 3.63) is 17.1 Å². The standard InChI is InChI=1S/C10H14N2OS/c1-8-3-2-6-12(7-8)10(13)9-4-5-11-14-9/h4-5,8H,2-3,6-7H2,1H3. The number of nitrogens with zero attached hydrogens (tertiary/aromatic N) is 2. The highest BCUT2D eigenvalue weighted by Gasteiger charge is 2.22. The van der Waals surface area contributed by atoms with E-state index in [1.807, 2.05) is 4.90 Å². The maximum absolute atomic E-state index is 11.9. The van der Waals surface area contributed by atoms with E-state index in [-0.39, 0.29) is 5.91 Å². The first-order chi connectivity index (χ1) is 6.77. The Morgan fingerprint density at radius 3 is 3.21 bits per heavy atom. The van der Waals surface area contributed by atoms with Gasteiger partial charge in [-0.15, -0.1) is 0 Å². The van der Waals surface area contributed by atoms with Gasteiger partial charge < -0.3 is 4.90 Å². The highest BCUT2D eigenvalue weighted by atomic mass is 32.1. The largest absolute Gasteiger partial charge is 0.338 e. The second-order valence-corrected chi connectivity index (χ2v) is 4.71. The van der Waals surface area contributed by atoms with Crippen LogP contribution in [0.2, 0.25) is 0 Å². The highest BCUT2D eigenvalue weighted by Crippen LogP contribution is 2.18. The maximum atomic E-state index is 11.9. The molecule has 2 rings (SSSR count). The number of likely N-dealkylation sites (tertiary alicyclic amines) is 1. The first kappa shape index (κ1) is 9.65. The average Bonchev–Trinajstić information content (AvgIpc) is 2.69. The van der Waals surface area contributed by atoms with Gasteiger partial charge in [0.05, 0.1) is 0 Å². The molecule has 0 N–H and O–H groups in total. The van der Waals surface area contributed by atoms with E-state index in [2.05, 4.69) is 11.3 Å². The lowest BCUT2D eigenvalue weighted by Crippen LogP contribution is -2.38. The third-order valence-corrected chi connectivity index (χ3v) is 3.33. The molecule has 1 amide bonds. The van der Waals surface area contributed by atoms with Gasteiger partial charge in [-0.25, -0.2) is 4.37 Å². The molecule has 3 nitrogen and oxygen atoms in total. The first-order valence-corrected chi connectivity index (χ1v) is 5.74. The van der Waals surface area contributed by atoms with Gasteiger partial charge in [0.2, 0.25) is 0 Å². The normalized spacial score (nSPS) is 22.4. The van der Waals surface area contributed by atoms with E-state index in [9.17, 15) is 4.79 Å². The monoisotopic (exact) mass is 210 g/mol. The van der Waals surface area contributed by atoms with E-state index in [4.69, 9.17) is 0 Å². The lowest BCUT2D eigenvalue weighted by molar-refractivity contribution is 0.0688. The highest BCUT2D eigenvalue weighted by molar-refractivity contribution is 7.08. The molecule has 0 spiro atoms. The fraction of sp³-hybridized carbons (Fsp3) is 0.600. The summed E-state index contributed by atoms with van der Waals surface area (Å²) in [7, 11) is 0. The lowest BCUT2D eigenvalue weighted by Gasteiger charge is -2.30. The minimum atomic E-state index is 0.152. The summed E-state index contributed by atoms with van der Waals surface area (Å²) >= 11 is 1.28. The van der Waals surface area contributed by atoms with Crippen LogP contribution in [0.5, 0.6) is 0 Å². The summed E-state index contributed by atoms with van der Waals surface area (Å²) in [6.07, 6.45) is 4.06. The van der Waals surface area contributed by atoms with Crippen LogP contribution in [0.3, 0.4) is 0 Å². The van der Waals surface area contributed by atoms with Crippen molar-refractivity contribution in [3.63, 3.8) is 0 Å². The van der Waals surface area contributed by atoms with Gasteiger partial charge in [0, 0.05) is 19.3 Å². The molecule has 1 aromatic heterocycles. The van der Waals surface area contributed by atoms with Crippen molar-refractivity contribution in [2.24, 2.45) is 5.92 Å². The molecule has 0 aromatic carbocycles. The molecule has 1 atom stereocenters. The van der Waals surface area contributed by atoms with Gasteiger partial charge in [-0.1, -0.05) is 6.92 Å². The number of carbonyl (C=O) groups excluding carboxylic acids is 1. The number of hydrogen-bond donors (Lipinski definition) is 0. The van der Waals surface area contributed by atoms with E-state index in [1.165, 1.54) is 18.0 Å². The van der Waals surface area contributed by atoms with Crippen LogP contribution >= 0.6 is 11.5 Å². The van der Waals surface area contributed by atoms with E-state index in [0.717, 1.165) is 24.4 Å². The predicted molar refractivity (Wildman–Crippen MR) is 56.4 cm³/mol. The van der Waals surface area contributed by atoms with Crippen LogP contribution in [-0.4, -0.2) is 28.3 Å². The smallest absolute Gasteiger partial charge is 0.265 e. The summed E-state index contributed by atoms with van der Waals surface area (Å²) in [6, 6.07) is 1.80. The maximum Gasteiger partial charge on any atom is 0.265 e. The number of carbonyl (C=O) groups is 1. The number of piperidine rings is 1. The van der Waals surface area contributed by atoms with Crippen LogP contribution < -0.4 is 0 Å². The first-order valence-electron chi connectivity index (χ1n) is 4.97. The van der Waals surface area contributed by atoms with Crippen molar-refractivity contribution in [2.45, 2.75) is 19.8 Å². The molecule has 1 aliphatic heterocycles. The van der Waals surface area contributed by atoms with E-state index >= 15 is 0 Å². The van der Waals surface area contributed by atoms with Crippen molar-refractivity contribution in [2.75, 3.05) is 13.1 Å². The molecule has 0 aliphatic carbocycles. The van der Waals surface area contributed by atoms with E-state index in [1.54, 1.807) is 12.3 Å². The van der Waals surface area contributed by atoms with Crippen LogP contribution in [0, 0.1) is 5.92 Å². The Morgan fingerprint density at radius 1 is 1.71 bits per heavy atom. The number of hydrogen-bond acceptors (Lipinski definition) is 3. The molecule has 1 fully saturated rings. The molecule has 1 aromatic rings. The molecular formula is C10H14N2OS. The van der Waals surface area contributed by atoms with E-state index in [0.29, 0.717) is 5.92 Å². The number of amides is 1. The van der Waals surface area contributed by atoms with Crippen LogP contribution in [0.15, 0.2) is 12.3 Å². The second kappa shape index (κ2) is 4.09. The van der Waals surface area contributed by atoms with Crippen LogP contribution in [0.25, 0.3) is 0 Å². The summed E-state index contributed by atoms with van der Waals surface area (Å²) in [5.41, 5.74) is 0. The molecule has 0 radical (unpaired) electrons. The molecule has 14 heavy (non-hydrogen) atoms. The molecule has 0 saturated carbocycles. The van der Waals surface area contributed by atoms with Crippen LogP contribution in [0.1, 0.15) is 29.4 Å². The van der Waals surface area contributed by atoms with Gasteiger partial charge in [0.1, 0.15) is 4.88 Å². The SMILES string of the molecule is CC1CCCN(C(=O)c2ccns2)C1. The minimum absolute atomic E-state index is 0.152. The lowest BCUT2D eigenvalue weighted by atomic mass is 10.0. The molecular weight excluding hydrogens is 196 g/mol. The molecule has 1 unspecified atom stereocenters. The second-order valence-electron chi connectivity index (χ2n) is 3.88. The van der Waals surface area contributed by atoms with Gasteiger partial charge in [-0.3, -0.25) is 4.79 Å². The predicted octanol–water partition coefficient (Wildman–Crippen LogP) is 2.02. The molecule has 0 bridgehead atoms. The molecule has 1 saturated heterocycles. The van der Waals surface area contributed by atoms with Gasteiger partial charge in [0.25, 0.3) is 5.91 Å². The summed E-state index contributed by atoms with van der Waals surface area (Å²) < 4.78 is 3.95.